The van der Waals surface area contributed by atoms with E-state index < -0.39 is 0 Å². The van der Waals surface area contributed by atoms with Gasteiger partial charge in [0.2, 0.25) is 0 Å². The van der Waals surface area contributed by atoms with Crippen molar-refractivity contribution >= 4 is 153 Å². The largest absolute Gasteiger partial charge is 0.456 e. The number of benzene rings is 17. The van der Waals surface area contributed by atoms with Crippen LogP contribution >= 0.6 is 0 Å². The summed E-state index contributed by atoms with van der Waals surface area (Å²) in [6.45, 7) is 0. The molecule has 0 unspecified atom stereocenters. The molecule has 11 heteroatoms. The van der Waals surface area contributed by atoms with Crippen LogP contribution in [0.1, 0.15) is 0 Å². The van der Waals surface area contributed by atoms with Crippen LogP contribution in [-0.2, 0) is 0 Å². The zero-order valence-electron chi connectivity index (χ0n) is 65.7. The maximum atomic E-state index is 6.83. The molecule has 26 aromatic rings. The predicted molar refractivity (Wildman–Crippen MR) is 500 cm³/mol. The second-order valence-electron chi connectivity index (χ2n) is 31.4. The fourth-order valence-electron chi connectivity index (χ4n) is 18.3. The Hall–Kier alpha value is -16.8. The Morgan fingerprint density at radius 2 is 0.439 bits per heavy atom. The van der Waals surface area contributed by atoms with Gasteiger partial charge in [-0.3, -0.25) is 0 Å². The Morgan fingerprint density at radius 1 is 0.154 bits per heavy atom. The van der Waals surface area contributed by atoms with Crippen LogP contribution < -0.4 is 0 Å². The van der Waals surface area contributed by atoms with Crippen molar-refractivity contribution in [2.75, 3.05) is 0 Å². The van der Waals surface area contributed by atoms with Gasteiger partial charge >= 0.3 is 0 Å². The molecule has 572 valence electrons. The van der Waals surface area contributed by atoms with Crippen molar-refractivity contribution in [1.29, 1.82) is 0 Å². The molecule has 11 nitrogen and oxygen atoms in total. The predicted octanol–water partition coefficient (Wildman–Crippen LogP) is 30.5. The molecule has 0 bridgehead atoms. The van der Waals surface area contributed by atoms with Gasteiger partial charge in [-0.05, 0) is 114 Å². The Labute approximate surface area is 701 Å². The van der Waals surface area contributed by atoms with Gasteiger partial charge in [-0.15, -0.1) is 0 Å². The van der Waals surface area contributed by atoms with Crippen LogP contribution in [0.3, 0.4) is 0 Å². The van der Waals surface area contributed by atoms with Gasteiger partial charge < -0.3 is 22.1 Å². The normalized spacial score (nSPS) is 11.9. The van der Waals surface area contributed by atoms with Gasteiger partial charge in [-0.2, -0.15) is 0 Å². The highest BCUT2D eigenvalue weighted by atomic mass is 16.3. The van der Waals surface area contributed by atoms with Crippen molar-refractivity contribution in [3.8, 4) is 113 Å². The van der Waals surface area contributed by atoms with Gasteiger partial charge in [-0.1, -0.05) is 285 Å². The molecular formula is C112H64N6O5. The first kappa shape index (κ1) is 69.4. The van der Waals surface area contributed by atoms with Crippen LogP contribution in [0.25, 0.3) is 266 Å². The lowest BCUT2D eigenvalue weighted by atomic mass is 9.91. The molecular weight excluding hydrogens is 1510 g/mol. The molecule has 0 amide bonds. The Bertz CT molecular complexity index is 8680. The second kappa shape index (κ2) is 28.0. The monoisotopic (exact) mass is 1570 g/mol. The first-order chi connectivity index (χ1) is 60.9. The maximum Gasteiger partial charge on any atom is 0.160 e. The molecule has 0 aliphatic heterocycles. The molecule has 9 heterocycles. The van der Waals surface area contributed by atoms with E-state index in [0.29, 0.717) is 11.6 Å². The smallest absolute Gasteiger partial charge is 0.160 e. The van der Waals surface area contributed by atoms with Crippen LogP contribution in [0.2, 0.25) is 0 Å². The van der Waals surface area contributed by atoms with E-state index in [1.54, 1.807) is 0 Å². The summed E-state index contributed by atoms with van der Waals surface area (Å²) >= 11 is 0. The Kier molecular flexibility index (Phi) is 15.8. The summed E-state index contributed by atoms with van der Waals surface area (Å²) in [7, 11) is 0. The third kappa shape index (κ3) is 11.6. The minimum Gasteiger partial charge on any atom is -0.456 e. The van der Waals surface area contributed by atoms with Gasteiger partial charge in [0.25, 0.3) is 0 Å². The van der Waals surface area contributed by atoms with Gasteiger partial charge in [0, 0.05) is 142 Å². The summed E-state index contributed by atoms with van der Waals surface area (Å²) in [5.74, 6) is 1.26. The number of pyridine rings is 2. The number of hydrogen-bond acceptors (Lipinski definition) is 11. The topological polar surface area (TPSA) is 143 Å². The average molecular weight is 1570 g/mol. The van der Waals surface area contributed by atoms with E-state index in [9.17, 15) is 0 Å². The third-order valence-electron chi connectivity index (χ3n) is 24.2. The molecule has 0 atom stereocenters. The van der Waals surface area contributed by atoms with Gasteiger partial charge in [0.05, 0.1) is 45.2 Å². The number of furan rings is 5. The second-order valence-corrected chi connectivity index (χ2v) is 31.4. The van der Waals surface area contributed by atoms with Crippen molar-refractivity contribution < 1.29 is 22.1 Å². The van der Waals surface area contributed by atoms with Crippen LogP contribution in [0.5, 0.6) is 0 Å². The van der Waals surface area contributed by atoms with E-state index in [-0.39, 0.29) is 0 Å². The van der Waals surface area contributed by atoms with E-state index in [4.69, 9.17) is 52.0 Å². The minimum absolute atomic E-state index is 0.598. The van der Waals surface area contributed by atoms with Gasteiger partial charge in [0.1, 0.15) is 55.8 Å². The molecule has 123 heavy (non-hydrogen) atoms. The van der Waals surface area contributed by atoms with E-state index in [1.165, 1.54) is 0 Å². The van der Waals surface area contributed by atoms with Crippen LogP contribution in [-0.4, -0.2) is 29.9 Å². The highest BCUT2D eigenvalue weighted by Crippen LogP contribution is 2.50. The lowest BCUT2D eigenvalue weighted by Crippen LogP contribution is -1.96. The summed E-state index contributed by atoms with van der Waals surface area (Å²) < 4.78 is 32.6. The number of nitrogens with zero attached hydrogens (tertiary/aromatic N) is 6. The molecule has 0 spiro atoms. The maximum absolute atomic E-state index is 6.83. The molecule has 0 fully saturated rings. The fraction of sp³-hybridized carbons (Fsp3) is 0. The zero-order chi connectivity index (χ0) is 80.7. The van der Waals surface area contributed by atoms with Crippen LogP contribution in [0, 0.1) is 0 Å². The van der Waals surface area contributed by atoms with Crippen molar-refractivity contribution in [1.82, 2.24) is 29.9 Å². The summed E-state index contributed by atoms with van der Waals surface area (Å²) in [5, 5.41) is 17.4. The van der Waals surface area contributed by atoms with E-state index in [0.717, 1.165) is 254 Å². The number of para-hydroxylation sites is 7. The molecule has 0 saturated heterocycles. The molecule has 9 aromatic heterocycles. The molecule has 26 rings (SSSR count). The number of fused-ring (bicyclic) bond motifs is 23. The highest BCUT2D eigenvalue weighted by molar-refractivity contribution is 6.32. The SMILES string of the molecule is c1ccc(-c2nc(-c3ccc(-c4cc5c(-c6ccccc6)nc6ccccc6c5c5c4oc4ccccc45)cc3)cc(-c3ccc4c(c3)oc3ccccc34)n2)cc1.c1ccc(-c2nc3ccccc3c3c2cc(-c2ccc(-c4cc(-c5ccc6c(c5)oc5ccccc56)nc(-c5ccc6c(c5)oc5ccccc56)n4)cc2)c2oc4ccccc4c23)cc1. The van der Waals surface area contributed by atoms with E-state index >= 15 is 0 Å². The molecule has 0 aliphatic rings. The molecule has 17 aromatic carbocycles. The first-order valence-corrected chi connectivity index (χ1v) is 41.2. The molecule has 0 saturated carbocycles. The van der Waals surface area contributed by atoms with Crippen LogP contribution in [0.15, 0.2) is 410 Å². The summed E-state index contributed by atoms with van der Waals surface area (Å²) in [5.41, 5.74) is 27.2. The summed E-state index contributed by atoms with van der Waals surface area (Å²) in [6.07, 6.45) is 0. The zero-order valence-corrected chi connectivity index (χ0v) is 65.7. The van der Waals surface area contributed by atoms with Crippen LogP contribution in [0.4, 0.5) is 0 Å². The number of hydrogen-bond donors (Lipinski definition) is 0. The molecule has 0 radical (unpaired) electrons. The minimum atomic E-state index is 0.598. The Morgan fingerprint density at radius 3 is 0.837 bits per heavy atom. The summed E-state index contributed by atoms with van der Waals surface area (Å²) in [6, 6.07) is 134. The molecule has 0 N–H and O–H groups in total. The lowest BCUT2D eigenvalue weighted by molar-refractivity contribution is 0.668. The quantitative estimate of drug-likeness (QED) is 0.121. The van der Waals surface area contributed by atoms with Crippen molar-refractivity contribution in [3.63, 3.8) is 0 Å². The van der Waals surface area contributed by atoms with E-state index in [1.807, 2.05) is 103 Å². The number of rotatable bonds is 10. The van der Waals surface area contributed by atoms with Gasteiger partial charge in [0.15, 0.2) is 11.6 Å². The van der Waals surface area contributed by atoms with Crippen molar-refractivity contribution in [3.05, 3.63) is 388 Å². The fourth-order valence-corrected chi connectivity index (χ4v) is 18.3. The average Bonchev–Trinajstić information content (AvgIpc) is 1.63. The third-order valence-corrected chi connectivity index (χ3v) is 24.2. The first-order valence-electron chi connectivity index (χ1n) is 41.2. The number of aromatic nitrogens is 6. The molecule has 0 aliphatic carbocycles. The van der Waals surface area contributed by atoms with Crippen molar-refractivity contribution in [2.45, 2.75) is 0 Å². The Balaban J connectivity index is 0.000000136. The lowest BCUT2D eigenvalue weighted by Gasteiger charge is -2.14. The van der Waals surface area contributed by atoms with Crippen molar-refractivity contribution in [2.24, 2.45) is 0 Å². The van der Waals surface area contributed by atoms with E-state index in [2.05, 4.69) is 285 Å². The highest BCUT2D eigenvalue weighted by Gasteiger charge is 2.26. The van der Waals surface area contributed by atoms with Gasteiger partial charge in [-0.25, -0.2) is 29.9 Å². The standard InChI is InChI=1S/C59H33N3O3.C53H31N3O2/c1-2-12-36(13-3-1)57-46-32-45(58-56(44-17-7-11-21-52(44)65-58)55(46)43-16-4-8-18-47(43)60-57)34-22-24-35(25-23-34)48-33-49(37-26-28-41-39-14-5-9-19-50(39)63-53(41)30-37)62-59(61-48)38-27-29-42-40-15-6-10-20-51(40)64-54(42)31-38;1-3-13-34(14-4-1)51-42-30-41(52-50(40-19-9-12-22-47(40)58-52)49(42)39-18-7-10-20-43(39)54-51)32-23-25-33(26-24-32)44-31-45(56-53(55-44)35-15-5-2-6-16-35)36-27-28-38-37-17-8-11-21-46(37)57-48(38)29-36/h1-33H;1-31H. The summed E-state index contributed by atoms with van der Waals surface area (Å²) in [4.78, 5) is 31.3.